The summed E-state index contributed by atoms with van der Waals surface area (Å²) in [7, 11) is 0. The topological polar surface area (TPSA) is 0 Å². The second-order valence-corrected chi connectivity index (χ2v) is 9.27. The summed E-state index contributed by atoms with van der Waals surface area (Å²) < 4.78 is 0. The highest BCUT2D eigenvalue weighted by Crippen LogP contribution is 2.48. The third-order valence-electron chi connectivity index (χ3n) is 7.11. The van der Waals surface area contributed by atoms with Gasteiger partial charge in [0.1, 0.15) is 0 Å². The molecule has 2 unspecified atom stereocenters. The first-order chi connectivity index (χ1) is 14.6. The molecule has 0 bridgehead atoms. The summed E-state index contributed by atoms with van der Waals surface area (Å²) in [5, 5.41) is 0. The van der Waals surface area contributed by atoms with Gasteiger partial charge in [0, 0.05) is 5.92 Å². The molecule has 0 aliphatic heterocycles. The lowest BCUT2D eigenvalue weighted by Crippen LogP contribution is -2.27. The Hall–Kier alpha value is -2.08. The van der Waals surface area contributed by atoms with Crippen LogP contribution >= 0.6 is 0 Å². The Balaban J connectivity index is 2.02. The first kappa shape index (κ1) is 22.6. The fourth-order valence-electron chi connectivity index (χ4n) is 5.49. The monoisotopic (exact) mass is 400 g/mol. The van der Waals surface area contributed by atoms with Crippen LogP contribution in [0.5, 0.6) is 0 Å². The zero-order valence-electron chi connectivity index (χ0n) is 19.2. The smallest absolute Gasteiger partial charge is 0.0157 e. The highest BCUT2D eigenvalue weighted by Gasteiger charge is 2.35. The van der Waals surface area contributed by atoms with Crippen LogP contribution in [0.3, 0.4) is 0 Å². The Morgan fingerprint density at radius 1 is 0.900 bits per heavy atom. The molecular weight excluding hydrogens is 360 g/mol. The van der Waals surface area contributed by atoms with E-state index in [0.29, 0.717) is 11.8 Å². The van der Waals surface area contributed by atoms with Crippen molar-refractivity contribution in [2.24, 2.45) is 11.8 Å². The molecule has 1 aliphatic rings. The van der Waals surface area contributed by atoms with Crippen LogP contribution in [0.1, 0.15) is 87.3 Å². The van der Waals surface area contributed by atoms with Crippen LogP contribution in [0.15, 0.2) is 73.3 Å². The minimum absolute atomic E-state index is 0.310. The van der Waals surface area contributed by atoms with E-state index in [2.05, 4.69) is 68.4 Å². The first-order valence-corrected chi connectivity index (χ1v) is 12.1. The van der Waals surface area contributed by atoms with Gasteiger partial charge in [-0.2, -0.15) is 0 Å². The van der Waals surface area contributed by atoms with Crippen molar-refractivity contribution < 1.29 is 0 Å². The summed E-state index contributed by atoms with van der Waals surface area (Å²) in [4.78, 5) is 0. The van der Waals surface area contributed by atoms with Gasteiger partial charge in [-0.3, -0.25) is 0 Å². The highest BCUT2D eigenvalue weighted by molar-refractivity contribution is 5.72. The molecule has 160 valence electrons. The van der Waals surface area contributed by atoms with Gasteiger partial charge in [-0.1, -0.05) is 112 Å². The molecule has 3 rings (SSSR count). The number of rotatable bonds is 10. The van der Waals surface area contributed by atoms with E-state index in [1.807, 2.05) is 0 Å². The molecule has 2 atom stereocenters. The van der Waals surface area contributed by atoms with Crippen LogP contribution in [0.4, 0.5) is 0 Å². The lowest BCUT2D eigenvalue weighted by Gasteiger charge is -2.39. The summed E-state index contributed by atoms with van der Waals surface area (Å²) in [6.07, 6.45) is 11.8. The predicted molar refractivity (Wildman–Crippen MR) is 133 cm³/mol. The minimum atomic E-state index is 0.310. The molecular formula is C30H40. The van der Waals surface area contributed by atoms with Gasteiger partial charge in [0.2, 0.25) is 0 Å². The summed E-state index contributed by atoms with van der Waals surface area (Å²) in [6, 6.07) is 19.9. The number of hydrogen-bond donors (Lipinski definition) is 0. The van der Waals surface area contributed by atoms with Gasteiger partial charge in [0.15, 0.2) is 0 Å². The maximum atomic E-state index is 4.72. The minimum Gasteiger partial charge on any atom is -0.0995 e. The van der Waals surface area contributed by atoms with Gasteiger partial charge < -0.3 is 0 Å². The Morgan fingerprint density at radius 3 is 2.23 bits per heavy atom. The standard InChI is InChI=1S/C30H40/c1-5-6-9-17-24(3)29(26-18-10-7-11-19-26)30(27-20-12-8-13-21-27)25(4)28-22-15-14-16-23(28)2/h8,12-16,20-22,26,29-30H,3-7,9-11,17-19H2,1-2H3. The second kappa shape index (κ2) is 11.3. The lowest BCUT2D eigenvalue weighted by atomic mass is 9.65. The first-order valence-electron chi connectivity index (χ1n) is 12.1. The van der Waals surface area contributed by atoms with E-state index >= 15 is 0 Å². The van der Waals surface area contributed by atoms with E-state index in [9.17, 15) is 0 Å². The fourth-order valence-corrected chi connectivity index (χ4v) is 5.49. The van der Waals surface area contributed by atoms with Crippen molar-refractivity contribution in [2.75, 3.05) is 0 Å². The largest absolute Gasteiger partial charge is 0.0995 e. The van der Waals surface area contributed by atoms with Gasteiger partial charge >= 0.3 is 0 Å². The van der Waals surface area contributed by atoms with E-state index in [1.54, 1.807) is 0 Å². The van der Waals surface area contributed by atoms with E-state index in [4.69, 9.17) is 13.2 Å². The van der Waals surface area contributed by atoms with Crippen LogP contribution in [0.25, 0.3) is 5.57 Å². The Labute approximate surface area is 185 Å². The predicted octanol–water partition coefficient (Wildman–Crippen LogP) is 9.13. The molecule has 0 nitrogen and oxygen atoms in total. The Kier molecular flexibility index (Phi) is 8.55. The summed E-state index contributed by atoms with van der Waals surface area (Å²) in [6.45, 7) is 13.9. The van der Waals surface area contributed by atoms with E-state index < -0.39 is 0 Å². The Morgan fingerprint density at radius 2 is 1.57 bits per heavy atom. The molecule has 0 heterocycles. The zero-order valence-corrected chi connectivity index (χ0v) is 19.2. The number of unbranched alkanes of at least 4 members (excludes halogenated alkanes) is 2. The van der Waals surface area contributed by atoms with Crippen LogP contribution in [0.2, 0.25) is 0 Å². The molecule has 2 aromatic rings. The molecule has 1 fully saturated rings. The van der Waals surface area contributed by atoms with Crippen molar-refractivity contribution in [1.82, 2.24) is 0 Å². The number of aryl methyl sites for hydroxylation is 1. The van der Waals surface area contributed by atoms with Crippen molar-refractivity contribution in [3.8, 4) is 0 Å². The SMILES string of the molecule is C=C(c1ccccc1C)C(c1ccccc1)C(C(=C)CCCCC)C1CCCCC1. The van der Waals surface area contributed by atoms with Crippen LogP contribution in [-0.4, -0.2) is 0 Å². The van der Waals surface area contributed by atoms with Gasteiger partial charge in [0.25, 0.3) is 0 Å². The van der Waals surface area contributed by atoms with E-state index in [-0.39, 0.29) is 0 Å². The zero-order chi connectivity index (χ0) is 21.3. The fraction of sp³-hybridized carbons (Fsp3) is 0.467. The van der Waals surface area contributed by atoms with Crippen LogP contribution < -0.4 is 0 Å². The molecule has 0 aromatic heterocycles. The molecule has 1 aliphatic carbocycles. The lowest BCUT2D eigenvalue weighted by molar-refractivity contribution is 0.259. The van der Waals surface area contributed by atoms with Crippen molar-refractivity contribution >= 4 is 5.57 Å². The van der Waals surface area contributed by atoms with Crippen molar-refractivity contribution in [3.63, 3.8) is 0 Å². The third-order valence-corrected chi connectivity index (χ3v) is 7.11. The van der Waals surface area contributed by atoms with Crippen molar-refractivity contribution in [3.05, 3.63) is 90.0 Å². The third kappa shape index (κ3) is 5.54. The van der Waals surface area contributed by atoms with Gasteiger partial charge in [-0.15, -0.1) is 0 Å². The molecule has 0 amide bonds. The molecule has 0 N–H and O–H groups in total. The van der Waals surface area contributed by atoms with Gasteiger partial charge in [-0.25, -0.2) is 0 Å². The average Bonchev–Trinajstić information content (AvgIpc) is 2.78. The second-order valence-electron chi connectivity index (χ2n) is 9.27. The molecule has 0 spiro atoms. The number of allylic oxidation sites excluding steroid dienone is 2. The maximum absolute atomic E-state index is 4.72. The maximum Gasteiger partial charge on any atom is 0.0157 e. The van der Waals surface area contributed by atoms with Gasteiger partial charge in [-0.05, 0) is 66.7 Å². The summed E-state index contributed by atoms with van der Waals surface area (Å²) in [5.74, 6) is 1.51. The van der Waals surface area contributed by atoms with E-state index in [1.165, 1.54) is 79.2 Å². The molecule has 0 radical (unpaired) electrons. The van der Waals surface area contributed by atoms with Crippen molar-refractivity contribution in [1.29, 1.82) is 0 Å². The molecule has 2 aromatic carbocycles. The van der Waals surface area contributed by atoms with Crippen LogP contribution in [-0.2, 0) is 0 Å². The molecule has 30 heavy (non-hydrogen) atoms. The molecule has 1 saturated carbocycles. The van der Waals surface area contributed by atoms with E-state index in [0.717, 1.165) is 12.3 Å². The quantitative estimate of drug-likeness (QED) is 0.275. The van der Waals surface area contributed by atoms with Gasteiger partial charge in [0.05, 0.1) is 0 Å². The average molecular weight is 401 g/mol. The number of hydrogen-bond acceptors (Lipinski definition) is 0. The highest BCUT2D eigenvalue weighted by atomic mass is 14.4. The summed E-state index contributed by atoms with van der Waals surface area (Å²) in [5.41, 5.74) is 6.76. The number of benzene rings is 2. The Bertz CT molecular complexity index is 807. The summed E-state index contributed by atoms with van der Waals surface area (Å²) >= 11 is 0. The van der Waals surface area contributed by atoms with Crippen LogP contribution in [0, 0.1) is 18.8 Å². The van der Waals surface area contributed by atoms with Crippen molar-refractivity contribution in [2.45, 2.75) is 77.6 Å². The normalized spacial score (nSPS) is 16.7. The molecule has 0 saturated heterocycles. The molecule has 0 heteroatoms.